The minimum Gasteiger partial charge on any atom is -0.391 e. The summed E-state index contributed by atoms with van der Waals surface area (Å²) in [5.41, 5.74) is 0. The van der Waals surface area contributed by atoms with Crippen LogP contribution in [0.1, 0.15) is 20.8 Å². The van der Waals surface area contributed by atoms with E-state index in [0.29, 0.717) is 0 Å². The number of rotatable bonds is 8. The molecule has 13 nitrogen and oxygen atoms in total. The van der Waals surface area contributed by atoms with Crippen LogP contribution in [0.5, 0.6) is 0 Å². The predicted octanol–water partition coefficient (Wildman–Crippen LogP) is -4.65. The monoisotopic (exact) mass is 456 g/mol. The van der Waals surface area contributed by atoms with Crippen molar-refractivity contribution in [1.29, 1.82) is 0 Å². The predicted molar refractivity (Wildman–Crippen MR) is 98.2 cm³/mol. The van der Waals surface area contributed by atoms with E-state index in [0.717, 1.165) is 0 Å². The Morgan fingerprint density at radius 1 is 0.774 bits per heavy atom. The number of carbonyl (C=O) groups is 1. The van der Waals surface area contributed by atoms with Gasteiger partial charge in [-0.25, -0.2) is 0 Å². The highest BCUT2D eigenvalue weighted by Gasteiger charge is 2.50. The summed E-state index contributed by atoms with van der Waals surface area (Å²) in [4.78, 5) is 11.3. The van der Waals surface area contributed by atoms with Crippen LogP contribution in [0.15, 0.2) is 0 Å². The van der Waals surface area contributed by atoms with E-state index in [1.54, 1.807) is 0 Å². The van der Waals surface area contributed by atoms with Gasteiger partial charge >= 0.3 is 0 Å². The fourth-order valence-corrected chi connectivity index (χ4v) is 3.38. The van der Waals surface area contributed by atoms with E-state index in [2.05, 4.69) is 0 Å². The smallest absolute Gasteiger partial charge is 0.187 e. The van der Waals surface area contributed by atoms with E-state index >= 15 is 0 Å². The van der Waals surface area contributed by atoms with E-state index in [9.17, 15) is 45.6 Å². The third-order valence-corrected chi connectivity index (χ3v) is 5.49. The first-order valence-electron chi connectivity index (χ1n) is 9.92. The standard InChI is InChI=1S/C18H32O13/c1-5(20)9(21)12(24)8(4-19)30-18-15(27)16(11(23)7(3)29-18)31-17-14(26)13(25)10(22)6(2)28-17/h4-18,20-27H,1-3H3/t5-,6-,7-,8-,9-,10-,11-,12-,13+,14+,15+,16+,17-,18-/m0/s1. The van der Waals surface area contributed by atoms with Gasteiger partial charge in [-0.3, -0.25) is 0 Å². The molecule has 0 radical (unpaired) electrons. The van der Waals surface area contributed by atoms with Crippen LogP contribution in [-0.2, 0) is 23.7 Å². The molecule has 182 valence electrons. The molecule has 14 atom stereocenters. The fraction of sp³-hybridized carbons (Fsp3) is 0.944. The van der Waals surface area contributed by atoms with E-state index in [-0.39, 0.29) is 6.29 Å². The van der Waals surface area contributed by atoms with Crippen LogP contribution >= 0.6 is 0 Å². The summed E-state index contributed by atoms with van der Waals surface area (Å²) in [6.07, 6.45) is -21.0. The van der Waals surface area contributed by atoms with Crippen molar-refractivity contribution in [1.82, 2.24) is 0 Å². The maximum Gasteiger partial charge on any atom is 0.187 e. The van der Waals surface area contributed by atoms with Gasteiger partial charge in [-0.15, -0.1) is 0 Å². The lowest BCUT2D eigenvalue weighted by atomic mass is 9.97. The van der Waals surface area contributed by atoms with Gasteiger partial charge in [0.25, 0.3) is 0 Å². The molecule has 0 aliphatic carbocycles. The van der Waals surface area contributed by atoms with Crippen molar-refractivity contribution in [3.8, 4) is 0 Å². The zero-order valence-electron chi connectivity index (χ0n) is 17.3. The molecule has 0 aromatic rings. The number of carbonyl (C=O) groups excluding carboxylic acids is 1. The van der Waals surface area contributed by atoms with Crippen molar-refractivity contribution >= 4 is 6.29 Å². The van der Waals surface area contributed by atoms with Gasteiger partial charge in [-0.2, -0.15) is 0 Å². The largest absolute Gasteiger partial charge is 0.391 e. The van der Waals surface area contributed by atoms with Crippen LogP contribution in [0.25, 0.3) is 0 Å². The normalized spacial score (nSPS) is 45.5. The van der Waals surface area contributed by atoms with E-state index < -0.39 is 85.8 Å². The second kappa shape index (κ2) is 10.9. The molecule has 2 aliphatic rings. The van der Waals surface area contributed by atoms with Gasteiger partial charge in [0, 0.05) is 0 Å². The average Bonchev–Trinajstić information content (AvgIpc) is 2.73. The summed E-state index contributed by atoms with van der Waals surface area (Å²) in [6.45, 7) is 4.01. The molecule has 31 heavy (non-hydrogen) atoms. The molecule has 0 unspecified atom stereocenters. The Balaban J connectivity index is 2.14. The summed E-state index contributed by atoms with van der Waals surface area (Å²) in [5.74, 6) is 0. The molecular weight excluding hydrogens is 424 g/mol. The summed E-state index contributed by atoms with van der Waals surface area (Å²) in [7, 11) is 0. The van der Waals surface area contributed by atoms with Gasteiger partial charge in [0.15, 0.2) is 18.9 Å². The molecule has 0 amide bonds. The quantitative estimate of drug-likeness (QED) is 0.161. The summed E-state index contributed by atoms with van der Waals surface area (Å²) >= 11 is 0. The average molecular weight is 456 g/mol. The lowest BCUT2D eigenvalue weighted by Crippen LogP contribution is -2.64. The molecule has 8 N–H and O–H groups in total. The Bertz CT molecular complexity index is 577. The topological polar surface area (TPSA) is 216 Å². The summed E-state index contributed by atoms with van der Waals surface area (Å²) < 4.78 is 21.4. The highest BCUT2D eigenvalue weighted by molar-refractivity contribution is 5.57. The third kappa shape index (κ3) is 5.76. The number of aldehydes is 1. The molecule has 13 heteroatoms. The maximum absolute atomic E-state index is 11.3. The van der Waals surface area contributed by atoms with Gasteiger partial charge in [-0.05, 0) is 20.8 Å². The van der Waals surface area contributed by atoms with Crippen molar-refractivity contribution in [2.24, 2.45) is 0 Å². The number of aliphatic hydroxyl groups is 8. The number of ether oxygens (including phenoxy) is 4. The van der Waals surface area contributed by atoms with Gasteiger partial charge in [0.1, 0.15) is 54.9 Å². The third-order valence-electron chi connectivity index (χ3n) is 5.49. The first-order valence-corrected chi connectivity index (χ1v) is 9.92. The van der Waals surface area contributed by atoms with Crippen LogP contribution < -0.4 is 0 Å². The van der Waals surface area contributed by atoms with Gasteiger partial charge in [0.2, 0.25) is 0 Å². The Kier molecular flexibility index (Phi) is 9.27. The second-order valence-electron chi connectivity index (χ2n) is 7.93. The van der Waals surface area contributed by atoms with E-state index in [4.69, 9.17) is 18.9 Å². The molecular formula is C18H32O13. The maximum atomic E-state index is 11.3. The van der Waals surface area contributed by atoms with E-state index in [1.807, 2.05) is 0 Å². The molecule has 0 bridgehead atoms. The fourth-order valence-electron chi connectivity index (χ4n) is 3.38. The zero-order valence-corrected chi connectivity index (χ0v) is 17.3. The van der Waals surface area contributed by atoms with Gasteiger partial charge in [-0.1, -0.05) is 0 Å². The molecule has 0 saturated carbocycles. The molecule has 2 saturated heterocycles. The first-order chi connectivity index (χ1) is 14.4. The van der Waals surface area contributed by atoms with Crippen LogP contribution in [0.3, 0.4) is 0 Å². The second-order valence-corrected chi connectivity index (χ2v) is 7.93. The lowest BCUT2D eigenvalue weighted by Gasteiger charge is -2.46. The number of hydrogen-bond acceptors (Lipinski definition) is 13. The van der Waals surface area contributed by atoms with Crippen molar-refractivity contribution in [2.75, 3.05) is 0 Å². The molecule has 2 aliphatic heterocycles. The van der Waals surface area contributed by atoms with Crippen molar-refractivity contribution < 1.29 is 64.6 Å². The summed E-state index contributed by atoms with van der Waals surface area (Å²) in [6, 6.07) is 0. The summed E-state index contributed by atoms with van der Waals surface area (Å²) in [5, 5.41) is 80.0. The molecule has 2 rings (SSSR count). The van der Waals surface area contributed by atoms with Crippen LogP contribution in [-0.4, -0.2) is 133 Å². The van der Waals surface area contributed by atoms with Crippen LogP contribution in [0, 0.1) is 0 Å². The van der Waals surface area contributed by atoms with Crippen molar-refractivity contribution in [3.05, 3.63) is 0 Å². The van der Waals surface area contributed by atoms with E-state index in [1.165, 1.54) is 20.8 Å². The minimum absolute atomic E-state index is 0.144. The van der Waals surface area contributed by atoms with Crippen LogP contribution in [0.4, 0.5) is 0 Å². The van der Waals surface area contributed by atoms with Gasteiger partial charge < -0.3 is 64.6 Å². The number of aliphatic hydroxyl groups excluding tert-OH is 8. The van der Waals surface area contributed by atoms with Crippen molar-refractivity contribution in [2.45, 2.75) is 107 Å². The SMILES string of the molecule is C[C@H](O)[C@H](O)[C@@H](O)[C@H](C=O)O[C@@H]1O[C@@H](C)[C@H](O)[C@@H](O[C@@H]2O[C@@H](C)[C@H](O)[C@@H](O)[C@H]2O)[C@H]1O. The Labute approximate surface area is 178 Å². The van der Waals surface area contributed by atoms with Crippen molar-refractivity contribution in [3.63, 3.8) is 0 Å². The highest BCUT2D eigenvalue weighted by atomic mass is 16.7. The Morgan fingerprint density at radius 3 is 1.87 bits per heavy atom. The van der Waals surface area contributed by atoms with Crippen LogP contribution in [0.2, 0.25) is 0 Å². The molecule has 0 spiro atoms. The zero-order chi connectivity index (χ0) is 23.6. The molecule has 2 heterocycles. The Hall–Kier alpha value is -0.810. The minimum atomic E-state index is -1.85. The lowest BCUT2D eigenvalue weighted by molar-refractivity contribution is -0.358. The molecule has 0 aromatic heterocycles. The molecule has 0 aromatic carbocycles. The van der Waals surface area contributed by atoms with Gasteiger partial charge in [0.05, 0.1) is 18.3 Å². The first kappa shape index (κ1) is 26.4. The molecule has 2 fully saturated rings. The number of hydrogen-bond donors (Lipinski definition) is 8. The highest BCUT2D eigenvalue weighted by Crippen LogP contribution is 2.30. The Morgan fingerprint density at radius 2 is 1.32 bits per heavy atom.